The van der Waals surface area contributed by atoms with Crippen molar-refractivity contribution in [1.82, 2.24) is 4.90 Å². The molecule has 1 heterocycles. The summed E-state index contributed by atoms with van der Waals surface area (Å²) in [4.78, 5) is 30.2. The zero-order chi connectivity index (χ0) is 21.0. The van der Waals surface area contributed by atoms with Crippen LogP contribution in [0.1, 0.15) is 17.7 Å². The average Bonchev–Trinajstić information content (AvgIpc) is 2.81. The minimum Gasteiger partial charge on any atom is -1.00 e. The molecule has 0 bridgehead atoms. The van der Waals surface area contributed by atoms with Gasteiger partial charge in [-0.05, 0) is 43.9 Å². The number of benzene rings is 2. The van der Waals surface area contributed by atoms with E-state index >= 15 is 0 Å². The fourth-order valence-electron chi connectivity index (χ4n) is 3.24. The van der Waals surface area contributed by atoms with Gasteiger partial charge in [0.15, 0.2) is 6.10 Å². The van der Waals surface area contributed by atoms with Crippen molar-refractivity contribution in [1.29, 1.82) is 0 Å². The number of ether oxygens (including phenoxy) is 2. The first-order valence-corrected chi connectivity index (χ1v) is 10.3. The molecule has 6 nitrogen and oxygen atoms in total. The number of methoxy groups -OCH3 is 1. The predicted octanol–water partition coefficient (Wildman–Crippen LogP) is 0.373. The number of rotatable bonds is 6. The fraction of sp³-hybridized carbons (Fsp3) is 0.364. The Kier molecular flexibility index (Phi) is 8.58. The molecule has 1 amide bonds. The van der Waals surface area contributed by atoms with E-state index in [4.69, 9.17) is 9.47 Å². The molecule has 0 saturated carbocycles. The third kappa shape index (κ3) is 5.47. The third-order valence-electron chi connectivity index (χ3n) is 4.70. The number of halogens is 1. The molecule has 0 fully saturated rings. The summed E-state index contributed by atoms with van der Waals surface area (Å²) in [6.07, 6.45) is -0.916. The number of hydrogen-bond acceptors (Lipinski definition) is 6. The van der Waals surface area contributed by atoms with E-state index in [0.29, 0.717) is 13.1 Å². The highest BCUT2D eigenvalue weighted by atomic mass is 35.5. The van der Waals surface area contributed by atoms with E-state index in [-0.39, 0.29) is 23.6 Å². The van der Waals surface area contributed by atoms with E-state index in [9.17, 15) is 9.59 Å². The maximum absolute atomic E-state index is 13.6. The average molecular weight is 450 g/mol. The van der Waals surface area contributed by atoms with Crippen molar-refractivity contribution < 1.29 is 31.5 Å². The Morgan fingerprint density at radius 1 is 1.13 bits per heavy atom. The highest BCUT2D eigenvalue weighted by molar-refractivity contribution is 7.99. The van der Waals surface area contributed by atoms with E-state index in [1.54, 1.807) is 23.8 Å². The van der Waals surface area contributed by atoms with E-state index in [2.05, 4.69) is 0 Å². The number of fused-ring (bicyclic) bond motifs is 1. The van der Waals surface area contributed by atoms with Crippen molar-refractivity contribution in [2.75, 3.05) is 39.2 Å². The molecule has 0 aliphatic carbocycles. The molecule has 2 atom stereocenters. The smallest absolute Gasteiger partial charge is 0.303 e. The number of hydrogen-bond donors (Lipinski definition) is 0. The van der Waals surface area contributed by atoms with Crippen molar-refractivity contribution in [2.24, 2.45) is 0 Å². The molecule has 1 aliphatic heterocycles. The van der Waals surface area contributed by atoms with Gasteiger partial charge in [0, 0.05) is 24.9 Å². The molecule has 162 valence electrons. The normalized spacial score (nSPS) is 18.3. The van der Waals surface area contributed by atoms with Gasteiger partial charge in [-0.2, -0.15) is 0 Å². The van der Waals surface area contributed by atoms with Crippen LogP contribution in [-0.2, 0) is 14.3 Å². The maximum Gasteiger partial charge on any atom is 0.303 e. The summed E-state index contributed by atoms with van der Waals surface area (Å²) < 4.78 is 10.8. The maximum atomic E-state index is 13.6. The van der Waals surface area contributed by atoms with Gasteiger partial charge in [0.1, 0.15) is 5.75 Å². The minimum atomic E-state index is -0.916. The van der Waals surface area contributed by atoms with Crippen LogP contribution in [-0.4, -0.2) is 57.2 Å². The number of carbonyl (C=O) groups excluding carboxylic acids is 2. The lowest BCUT2D eigenvalue weighted by molar-refractivity contribution is -0.152. The summed E-state index contributed by atoms with van der Waals surface area (Å²) in [6.45, 7) is 2.55. The number of para-hydroxylation sites is 1. The Morgan fingerprint density at radius 2 is 1.80 bits per heavy atom. The lowest BCUT2D eigenvalue weighted by atomic mass is 10.1. The second-order valence-electron chi connectivity index (χ2n) is 7.10. The van der Waals surface area contributed by atoms with Crippen molar-refractivity contribution in [3.05, 3.63) is 54.1 Å². The van der Waals surface area contributed by atoms with Crippen LogP contribution in [0, 0.1) is 0 Å². The van der Waals surface area contributed by atoms with Crippen molar-refractivity contribution in [3.63, 3.8) is 0 Å². The van der Waals surface area contributed by atoms with Gasteiger partial charge in [0.25, 0.3) is 5.91 Å². The number of likely N-dealkylation sites (N-methyl/N-ethyl adjacent to an activating group) is 1. The predicted molar refractivity (Wildman–Crippen MR) is 114 cm³/mol. The molecule has 2 aromatic rings. The summed E-state index contributed by atoms with van der Waals surface area (Å²) in [7, 11) is 5.54. The van der Waals surface area contributed by atoms with Crippen LogP contribution >= 0.6 is 11.8 Å². The molecule has 3 rings (SSSR count). The Bertz CT molecular complexity index is 876. The second-order valence-corrected chi connectivity index (χ2v) is 8.29. The van der Waals surface area contributed by atoms with Gasteiger partial charge in [-0.1, -0.05) is 24.3 Å². The molecular weight excluding hydrogens is 424 g/mol. The van der Waals surface area contributed by atoms with Crippen LogP contribution in [0.3, 0.4) is 0 Å². The molecule has 0 radical (unpaired) electrons. The van der Waals surface area contributed by atoms with Crippen molar-refractivity contribution in [3.8, 4) is 5.75 Å². The van der Waals surface area contributed by atoms with Gasteiger partial charge in [0.05, 0.1) is 18.0 Å². The number of nitrogens with zero attached hydrogens (tertiary/aromatic N) is 2. The number of anilines is 1. The lowest BCUT2D eigenvalue weighted by Gasteiger charge is -2.28. The molecule has 0 unspecified atom stereocenters. The third-order valence-corrected chi connectivity index (χ3v) is 6.07. The number of esters is 1. The van der Waals surface area contributed by atoms with Crippen molar-refractivity contribution >= 4 is 29.3 Å². The Labute approximate surface area is 187 Å². The molecule has 30 heavy (non-hydrogen) atoms. The van der Waals surface area contributed by atoms with Crippen molar-refractivity contribution in [2.45, 2.75) is 23.2 Å². The molecule has 1 aliphatic rings. The van der Waals surface area contributed by atoms with E-state index in [1.807, 2.05) is 67.5 Å². The first kappa shape index (κ1) is 24.1. The van der Waals surface area contributed by atoms with Gasteiger partial charge in [-0.3, -0.25) is 9.59 Å². The van der Waals surface area contributed by atoms with Crippen LogP contribution in [0.25, 0.3) is 0 Å². The monoisotopic (exact) mass is 449 g/mol. The molecule has 0 aromatic heterocycles. The fourth-order valence-corrected chi connectivity index (χ4v) is 4.56. The SMILES string of the molecule is COc1ccc([C@@H]2Sc3ccccc3N(CCN(C)C)C(=O)[C@@H]2OC(C)=O)cc1.[Cl-]. The Morgan fingerprint density at radius 3 is 2.40 bits per heavy atom. The van der Waals surface area contributed by atoms with Crippen LogP contribution in [0.4, 0.5) is 5.69 Å². The summed E-state index contributed by atoms with van der Waals surface area (Å²) >= 11 is 1.54. The van der Waals surface area contributed by atoms with Crippen LogP contribution in [0.15, 0.2) is 53.4 Å². The molecule has 2 aromatic carbocycles. The van der Waals surface area contributed by atoms with Gasteiger partial charge in [-0.15, -0.1) is 11.8 Å². The Hall–Kier alpha value is -2.22. The number of amides is 1. The zero-order valence-corrected chi connectivity index (χ0v) is 19.1. The van der Waals surface area contributed by atoms with E-state index < -0.39 is 12.1 Å². The quantitative estimate of drug-likeness (QED) is 0.594. The van der Waals surface area contributed by atoms with Crippen LogP contribution < -0.4 is 22.0 Å². The topological polar surface area (TPSA) is 59.1 Å². The molecule has 0 N–H and O–H groups in total. The standard InChI is InChI=1S/C22H26N2O4S.ClH/c1-15(25)28-20-21(16-9-11-17(27-4)12-10-16)29-19-8-6-5-7-18(19)24(22(20)26)14-13-23(2)3;/h5-12,20-21H,13-14H2,1-4H3;1H/p-1/t20-,21+;/m1./s1. The zero-order valence-electron chi connectivity index (χ0n) is 17.5. The van der Waals surface area contributed by atoms with Gasteiger partial charge >= 0.3 is 5.97 Å². The summed E-state index contributed by atoms with van der Waals surface area (Å²) in [6, 6.07) is 15.4. The molecular formula is C22H26ClN2O4S-. The summed E-state index contributed by atoms with van der Waals surface area (Å²) in [5, 5.41) is -0.359. The van der Waals surface area contributed by atoms with Gasteiger partial charge in [-0.25, -0.2) is 0 Å². The summed E-state index contributed by atoms with van der Waals surface area (Å²) in [5.41, 5.74) is 1.75. The second kappa shape index (κ2) is 10.7. The van der Waals surface area contributed by atoms with E-state index in [0.717, 1.165) is 21.9 Å². The highest BCUT2D eigenvalue weighted by Crippen LogP contribution is 2.46. The van der Waals surface area contributed by atoms with Gasteiger partial charge < -0.3 is 31.7 Å². The molecule has 0 spiro atoms. The van der Waals surface area contributed by atoms with E-state index in [1.165, 1.54) is 6.92 Å². The highest BCUT2D eigenvalue weighted by Gasteiger charge is 2.40. The first-order chi connectivity index (χ1) is 13.9. The van der Waals surface area contributed by atoms with Crippen LogP contribution in [0.5, 0.6) is 5.75 Å². The Balaban J connectivity index is 0.00000320. The molecule has 8 heteroatoms. The minimum absolute atomic E-state index is 0. The van der Waals surface area contributed by atoms with Gasteiger partial charge in [0.2, 0.25) is 0 Å². The molecule has 0 saturated heterocycles. The largest absolute Gasteiger partial charge is 1.00 e. The first-order valence-electron chi connectivity index (χ1n) is 9.43. The number of carbonyl (C=O) groups is 2. The summed E-state index contributed by atoms with van der Waals surface area (Å²) in [5.74, 6) is 0.0528. The lowest BCUT2D eigenvalue weighted by Crippen LogP contribution is -3.00. The van der Waals surface area contributed by atoms with Crippen LogP contribution in [0.2, 0.25) is 0 Å². The number of thioether (sulfide) groups is 1.